The third kappa shape index (κ3) is 3.75. The van der Waals surface area contributed by atoms with Gasteiger partial charge in [0.15, 0.2) is 0 Å². The van der Waals surface area contributed by atoms with Crippen molar-refractivity contribution in [2.24, 2.45) is 5.10 Å². The normalized spacial score (nSPS) is 16.3. The number of piperazine rings is 1. The average Bonchev–Trinajstić information content (AvgIpc) is 2.94. The molecule has 0 atom stereocenters. The number of hydrogen-bond acceptors (Lipinski definition) is 7. The first-order valence-electron chi connectivity index (χ1n) is 7.24. The summed E-state index contributed by atoms with van der Waals surface area (Å²) in [4.78, 5) is 8.85. The van der Waals surface area contributed by atoms with Gasteiger partial charge in [-0.2, -0.15) is 5.10 Å². The van der Waals surface area contributed by atoms with Gasteiger partial charge in [-0.1, -0.05) is 12.1 Å². The van der Waals surface area contributed by atoms with Gasteiger partial charge in [-0.15, -0.1) is 11.3 Å². The molecule has 1 aliphatic rings. The van der Waals surface area contributed by atoms with E-state index in [1.165, 1.54) is 17.0 Å². The topological polar surface area (TPSA) is 69.8 Å². The second-order valence-electron chi connectivity index (χ2n) is 5.33. The van der Waals surface area contributed by atoms with Crippen molar-refractivity contribution in [2.45, 2.75) is 0 Å². The fraction of sp³-hybridized carbons (Fsp3) is 0.333. The molecule has 1 fully saturated rings. The first-order chi connectivity index (χ1) is 10.7. The third-order valence-corrected chi connectivity index (χ3v) is 4.42. The summed E-state index contributed by atoms with van der Waals surface area (Å²) in [5.41, 5.74) is 10.8. The Morgan fingerprint density at radius 3 is 2.59 bits per heavy atom. The molecule has 1 aromatic carbocycles. The van der Waals surface area contributed by atoms with Crippen molar-refractivity contribution in [3.8, 4) is 0 Å². The lowest BCUT2D eigenvalue weighted by Crippen LogP contribution is -2.44. The molecule has 3 rings (SSSR count). The molecule has 0 bridgehead atoms. The van der Waals surface area contributed by atoms with Crippen LogP contribution in [-0.2, 0) is 0 Å². The van der Waals surface area contributed by atoms with E-state index in [-0.39, 0.29) is 0 Å². The second kappa shape index (κ2) is 6.76. The number of nitrogens with two attached hydrogens (primary N) is 1. The predicted octanol–water partition coefficient (Wildman–Crippen LogP) is 1.92. The summed E-state index contributed by atoms with van der Waals surface area (Å²) >= 11 is 1.43. The van der Waals surface area contributed by atoms with Gasteiger partial charge in [-0.05, 0) is 24.7 Å². The Balaban J connectivity index is 1.57. The smallest absolute Gasteiger partial charge is 0.205 e. The van der Waals surface area contributed by atoms with E-state index in [1.54, 1.807) is 11.6 Å². The maximum Gasteiger partial charge on any atom is 0.205 e. The van der Waals surface area contributed by atoms with Gasteiger partial charge in [0.1, 0.15) is 5.82 Å². The summed E-state index contributed by atoms with van der Waals surface area (Å²) in [6.07, 6.45) is 1.78. The molecule has 1 aliphatic heterocycles. The number of hydrazone groups is 1. The molecule has 0 amide bonds. The minimum Gasteiger partial charge on any atom is -0.383 e. The van der Waals surface area contributed by atoms with Crippen molar-refractivity contribution in [2.75, 3.05) is 49.3 Å². The van der Waals surface area contributed by atoms with Gasteiger partial charge in [0.2, 0.25) is 5.13 Å². The van der Waals surface area contributed by atoms with Gasteiger partial charge in [0.05, 0.1) is 6.21 Å². The summed E-state index contributed by atoms with van der Waals surface area (Å²) < 4.78 is 0. The van der Waals surface area contributed by atoms with E-state index in [0.29, 0.717) is 10.9 Å². The fourth-order valence-electron chi connectivity index (χ4n) is 2.34. The highest BCUT2D eigenvalue weighted by Gasteiger charge is 2.13. The number of nitrogens with zero attached hydrogens (tertiary/aromatic N) is 4. The Morgan fingerprint density at radius 1 is 1.23 bits per heavy atom. The lowest BCUT2D eigenvalue weighted by Gasteiger charge is -2.34. The monoisotopic (exact) mass is 316 g/mol. The van der Waals surface area contributed by atoms with Crippen molar-refractivity contribution in [3.63, 3.8) is 0 Å². The Morgan fingerprint density at radius 2 is 1.95 bits per heavy atom. The van der Waals surface area contributed by atoms with Gasteiger partial charge in [-0.25, -0.2) is 4.98 Å². The van der Waals surface area contributed by atoms with Crippen molar-refractivity contribution in [1.29, 1.82) is 0 Å². The molecule has 2 heterocycles. The minimum atomic E-state index is 0.513. The van der Waals surface area contributed by atoms with Gasteiger partial charge >= 0.3 is 0 Å². The zero-order chi connectivity index (χ0) is 15.4. The van der Waals surface area contributed by atoms with Crippen LogP contribution in [0.3, 0.4) is 0 Å². The lowest BCUT2D eigenvalue weighted by molar-refractivity contribution is 0.313. The zero-order valence-corrected chi connectivity index (χ0v) is 13.4. The van der Waals surface area contributed by atoms with Gasteiger partial charge < -0.3 is 15.5 Å². The third-order valence-electron chi connectivity index (χ3n) is 3.66. The molecule has 1 aromatic heterocycles. The quantitative estimate of drug-likeness (QED) is 0.666. The number of nitrogens with one attached hydrogen (secondary N) is 1. The van der Waals surface area contributed by atoms with Crippen molar-refractivity contribution >= 4 is 34.2 Å². The average molecular weight is 316 g/mol. The van der Waals surface area contributed by atoms with Crippen LogP contribution in [0.4, 0.5) is 16.6 Å². The first kappa shape index (κ1) is 14.8. The molecule has 1 saturated heterocycles. The molecule has 116 valence electrons. The molecular formula is C15H20N6S. The largest absolute Gasteiger partial charge is 0.383 e. The number of anilines is 3. The number of benzene rings is 1. The molecule has 0 unspecified atom stereocenters. The number of aromatic nitrogens is 1. The molecule has 6 nitrogen and oxygen atoms in total. The highest BCUT2D eigenvalue weighted by atomic mass is 32.1. The van der Waals surface area contributed by atoms with E-state index in [1.807, 2.05) is 0 Å². The van der Waals surface area contributed by atoms with Crippen LogP contribution in [0.1, 0.15) is 5.56 Å². The predicted molar refractivity (Wildman–Crippen MR) is 93.9 cm³/mol. The van der Waals surface area contributed by atoms with Crippen LogP contribution in [0.2, 0.25) is 0 Å². The fourth-order valence-corrected chi connectivity index (χ4v) is 2.88. The lowest BCUT2D eigenvalue weighted by atomic mass is 10.2. The highest BCUT2D eigenvalue weighted by molar-refractivity contribution is 7.14. The van der Waals surface area contributed by atoms with Crippen LogP contribution in [0, 0.1) is 0 Å². The Bertz CT molecular complexity index is 628. The maximum absolute atomic E-state index is 5.56. The molecule has 3 N–H and O–H groups in total. The van der Waals surface area contributed by atoms with Gasteiger partial charge in [0.25, 0.3) is 0 Å². The number of hydrogen-bond donors (Lipinski definition) is 2. The summed E-state index contributed by atoms with van der Waals surface area (Å²) in [7, 11) is 2.17. The zero-order valence-electron chi connectivity index (χ0n) is 12.6. The van der Waals surface area contributed by atoms with E-state index in [9.17, 15) is 0 Å². The van der Waals surface area contributed by atoms with E-state index in [2.05, 4.69) is 56.6 Å². The molecule has 22 heavy (non-hydrogen) atoms. The Hall–Kier alpha value is -2.12. The molecule has 0 radical (unpaired) electrons. The van der Waals surface area contributed by atoms with Crippen LogP contribution < -0.4 is 16.1 Å². The Labute approximate surface area is 134 Å². The number of rotatable bonds is 4. The summed E-state index contributed by atoms with van der Waals surface area (Å²) in [6.45, 7) is 4.39. The summed E-state index contributed by atoms with van der Waals surface area (Å²) in [5, 5.41) is 6.65. The number of nitrogen functional groups attached to an aromatic ring is 1. The molecule has 0 aliphatic carbocycles. The second-order valence-corrected chi connectivity index (χ2v) is 6.19. The molecule has 7 heteroatoms. The van der Waals surface area contributed by atoms with E-state index >= 15 is 0 Å². The van der Waals surface area contributed by atoms with Gasteiger partial charge in [-0.3, -0.25) is 5.43 Å². The molecular weight excluding hydrogens is 296 g/mol. The van der Waals surface area contributed by atoms with E-state index in [4.69, 9.17) is 5.73 Å². The van der Waals surface area contributed by atoms with Gasteiger partial charge in [0, 0.05) is 37.2 Å². The van der Waals surface area contributed by atoms with Crippen LogP contribution in [0.15, 0.2) is 34.7 Å². The Kier molecular flexibility index (Phi) is 4.55. The molecule has 2 aromatic rings. The minimum absolute atomic E-state index is 0.513. The first-order valence-corrected chi connectivity index (χ1v) is 8.12. The highest BCUT2D eigenvalue weighted by Crippen LogP contribution is 2.17. The standard InChI is InChI=1S/C15H20N6S/c1-20-6-8-21(9-7-20)13-4-2-12(3-5-13)10-17-19-15-18-14(16)11-22-15/h2-5,10-11H,6-9,16H2,1H3,(H,18,19). The van der Waals surface area contributed by atoms with Crippen molar-refractivity contribution in [3.05, 3.63) is 35.2 Å². The van der Waals surface area contributed by atoms with Crippen LogP contribution in [-0.4, -0.2) is 49.3 Å². The van der Waals surface area contributed by atoms with Crippen LogP contribution in [0.5, 0.6) is 0 Å². The van der Waals surface area contributed by atoms with Crippen LogP contribution in [0.25, 0.3) is 0 Å². The number of likely N-dealkylation sites (N-methyl/N-ethyl adjacent to an activating group) is 1. The SMILES string of the molecule is CN1CCN(c2ccc(C=NNc3nc(N)cs3)cc2)CC1. The maximum atomic E-state index is 5.56. The van der Waals surface area contributed by atoms with E-state index < -0.39 is 0 Å². The summed E-state index contributed by atoms with van der Waals surface area (Å²) in [5.74, 6) is 0.513. The molecule has 0 spiro atoms. The van der Waals surface area contributed by atoms with Crippen LogP contribution >= 0.6 is 11.3 Å². The van der Waals surface area contributed by atoms with Crippen molar-refractivity contribution < 1.29 is 0 Å². The van der Waals surface area contributed by atoms with Crippen molar-refractivity contribution in [1.82, 2.24) is 9.88 Å². The summed E-state index contributed by atoms with van der Waals surface area (Å²) in [6, 6.07) is 8.45. The molecule has 0 saturated carbocycles. The van der Waals surface area contributed by atoms with E-state index in [0.717, 1.165) is 31.7 Å². The number of thiazole rings is 1.